The summed E-state index contributed by atoms with van der Waals surface area (Å²) < 4.78 is 5.51. The molecule has 1 amide bonds. The highest BCUT2D eigenvalue weighted by Crippen LogP contribution is 2.19. The summed E-state index contributed by atoms with van der Waals surface area (Å²) >= 11 is 0. The van der Waals surface area contributed by atoms with Gasteiger partial charge in [-0.3, -0.25) is 4.79 Å². The third kappa shape index (κ3) is 2.56. The number of benzene rings is 1. The summed E-state index contributed by atoms with van der Waals surface area (Å²) in [7, 11) is 0. The van der Waals surface area contributed by atoms with Crippen LogP contribution >= 0.6 is 0 Å². The molecule has 98 valence electrons. The number of morpholine rings is 1. The van der Waals surface area contributed by atoms with E-state index in [1.165, 1.54) is 0 Å². The zero-order valence-electron chi connectivity index (χ0n) is 10.7. The molecule has 1 aliphatic rings. The second kappa shape index (κ2) is 4.86. The van der Waals surface area contributed by atoms with Crippen molar-refractivity contribution in [2.45, 2.75) is 26.0 Å². The highest BCUT2D eigenvalue weighted by molar-refractivity contribution is 5.96. The Balaban J connectivity index is 2.24. The van der Waals surface area contributed by atoms with E-state index >= 15 is 0 Å². The molecule has 0 bridgehead atoms. The van der Waals surface area contributed by atoms with Crippen molar-refractivity contribution in [3.63, 3.8) is 0 Å². The van der Waals surface area contributed by atoms with Crippen molar-refractivity contribution in [2.75, 3.05) is 24.6 Å². The summed E-state index contributed by atoms with van der Waals surface area (Å²) in [4.78, 5) is 14.2. The molecule has 2 unspecified atom stereocenters. The number of nitrogens with two attached hydrogens (primary N) is 2. The quantitative estimate of drug-likeness (QED) is 0.730. The number of rotatable bonds is 1. The van der Waals surface area contributed by atoms with E-state index in [1.807, 2.05) is 18.7 Å². The van der Waals surface area contributed by atoms with E-state index in [0.29, 0.717) is 30.1 Å². The van der Waals surface area contributed by atoms with Gasteiger partial charge in [-0.15, -0.1) is 0 Å². The first-order valence-electron chi connectivity index (χ1n) is 6.06. The lowest BCUT2D eigenvalue weighted by Gasteiger charge is -2.36. The minimum atomic E-state index is -0.0448. The van der Waals surface area contributed by atoms with E-state index in [0.717, 1.165) is 0 Å². The summed E-state index contributed by atoms with van der Waals surface area (Å²) in [5, 5.41) is 0. The predicted octanol–water partition coefficient (Wildman–Crippen LogP) is 1.10. The Hall–Kier alpha value is -1.75. The molecule has 0 radical (unpaired) electrons. The van der Waals surface area contributed by atoms with Gasteiger partial charge in [-0.2, -0.15) is 0 Å². The van der Waals surface area contributed by atoms with Gasteiger partial charge in [-0.05, 0) is 32.0 Å². The summed E-state index contributed by atoms with van der Waals surface area (Å²) in [6.07, 6.45) is 0.0588. The average molecular weight is 249 g/mol. The van der Waals surface area contributed by atoms with Gasteiger partial charge >= 0.3 is 0 Å². The molecule has 1 saturated heterocycles. The molecule has 0 aromatic heterocycles. The number of anilines is 2. The molecule has 1 aromatic rings. The van der Waals surface area contributed by atoms with Gasteiger partial charge in [0.25, 0.3) is 5.91 Å². The van der Waals surface area contributed by atoms with Gasteiger partial charge in [0.1, 0.15) is 0 Å². The van der Waals surface area contributed by atoms with E-state index in [1.54, 1.807) is 18.2 Å². The lowest BCUT2D eigenvalue weighted by atomic mass is 10.1. The maximum atomic E-state index is 12.4. The minimum Gasteiger partial charge on any atom is -0.399 e. The molecular weight excluding hydrogens is 230 g/mol. The van der Waals surface area contributed by atoms with E-state index in [4.69, 9.17) is 16.2 Å². The first-order valence-corrected chi connectivity index (χ1v) is 6.06. The van der Waals surface area contributed by atoms with Crippen molar-refractivity contribution in [3.05, 3.63) is 23.8 Å². The molecule has 4 N–H and O–H groups in total. The zero-order valence-corrected chi connectivity index (χ0v) is 10.7. The smallest absolute Gasteiger partial charge is 0.254 e. The van der Waals surface area contributed by atoms with Crippen LogP contribution in [0.25, 0.3) is 0 Å². The lowest BCUT2D eigenvalue weighted by molar-refractivity contribution is -0.0387. The molecule has 0 saturated carbocycles. The normalized spacial score (nSPS) is 24.0. The van der Waals surface area contributed by atoms with Crippen molar-refractivity contribution in [2.24, 2.45) is 0 Å². The first-order chi connectivity index (χ1) is 8.47. The Labute approximate surface area is 107 Å². The van der Waals surface area contributed by atoms with Crippen LogP contribution in [0, 0.1) is 0 Å². The molecule has 2 rings (SSSR count). The number of carbonyl (C=O) groups excluding carboxylic acids is 1. The predicted molar refractivity (Wildman–Crippen MR) is 71.2 cm³/mol. The number of ether oxygens (including phenoxy) is 1. The summed E-state index contributed by atoms with van der Waals surface area (Å²) in [5.41, 5.74) is 13.0. The van der Waals surface area contributed by atoms with Gasteiger partial charge in [0.05, 0.1) is 18.8 Å². The van der Waals surface area contributed by atoms with Gasteiger partial charge in [-0.1, -0.05) is 0 Å². The lowest BCUT2D eigenvalue weighted by Crippen LogP contribution is -2.50. The highest BCUT2D eigenvalue weighted by Gasteiger charge is 2.28. The first kappa shape index (κ1) is 12.7. The van der Waals surface area contributed by atoms with Gasteiger partial charge in [0.15, 0.2) is 0 Å². The number of nitrogen functional groups attached to an aromatic ring is 2. The average Bonchev–Trinajstić information content (AvgIpc) is 2.30. The van der Waals surface area contributed by atoms with Crippen molar-refractivity contribution >= 4 is 17.3 Å². The van der Waals surface area contributed by atoms with Crippen LogP contribution in [0.15, 0.2) is 18.2 Å². The van der Waals surface area contributed by atoms with Crippen LogP contribution in [0.5, 0.6) is 0 Å². The summed E-state index contributed by atoms with van der Waals surface area (Å²) in [6.45, 7) is 5.08. The van der Waals surface area contributed by atoms with Crippen LogP contribution in [0.4, 0.5) is 11.4 Å². The van der Waals surface area contributed by atoms with Crippen molar-refractivity contribution < 1.29 is 9.53 Å². The van der Waals surface area contributed by atoms with Crippen molar-refractivity contribution in [1.82, 2.24) is 4.90 Å². The molecule has 2 atom stereocenters. The molecule has 1 heterocycles. The number of hydrogen-bond acceptors (Lipinski definition) is 4. The molecule has 5 nitrogen and oxygen atoms in total. The van der Waals surface area contributed by atoms with E-state index in [-0.39, 0.29) is 18.1 Å². The third-order valence-corrected chi connectivity index (χ3v) is 3.09. The zero-order chi connectivity index (χ0) is 13.3. The highest BCUT2D eigenvalue weighted by atomic mass is 16.5. The summed E-state index contributed by atoms with van der Waals surface area (Å²) in [5.74, 6) is -0.0448. The number of hydrogen-bond donors (Lipinski definition) is 2. The molecule has 0 aliphatic carbocycles. The Morgan fingerprint density at radius 3 is 2.50 bits per heavy atom. The van der Waals surface area contributed by atoms with Gasteiger partial charge in [-0.25, -0.2) is 0 Å². The maximum Gasteiger partial charge on any atom is 0.254 e. The van der Waals surface area contributed by atoms with Crippen molar-refractivity contribution in [3.8, 4) is 0 Å². The van der Waals surface area contributed by atoms with Crippen LogP contribution in [0.3, 0.4) is 0 Å². The largest absolute Gasteiger partial charge is 0.399 e. The van der Waals surface area contributed by atoms with Crippen LogP contribution in [0.2, 0.25) is 0 Å². The van der Waals surface area contributed by atoms with Crippen LogP contribution < -0.4 is 11.5 Å². The van der Waals surface area contributed by atoms with E-state index < -0.39 is 0 Å². The fourth-order valence-corrected chi connectivity index (χ4v) is 2.15. The second-order valence-corrected chi connectivity index (χ2v) is 4.84. The second-order valence-electron chi connectivity index (χ2n) is 4.84. The standard InChI is InChI=1S/C13H19N3O2/c1-8-7-18-9(2)6-16(8)13(17)10-3-11(14)5-12(15)4-10/h3-5,8-9H,6-7,14-15H2,1-2H3. The third-order valence-electron chi connectivity index (χ3n) is 3.09. The number of carbonyl (C=O) groups is 1. The Kier molecular flexibility index (Phi) is 3.43. The molecule has 1 aromatic carbocycles. The monoisotopic (exact) mass is 249 g/mol. The molecular formula is C13H19N3O2. The fraction of sp³-hybridized carbons (Fsp3) is 0.462. The van der Waals surface area contributed by atoms with Crippen LogP contribution in [-0.4, -0.2) is 36.1 Å². The maximum absolute atomic E-state index is 12.4. The van der Waals surface area contributed by atoms with Crippen LogP contribution in [-0.2, 0) is 4.74 Å². The molecule has 1 aliphatic heterocycles. The Morgan fingerprint density at radius 1 is 1.28 bits per heavy atom. The summed E-state index contributed by atoms with van der Waals surface area (Å²) in [6, 6.07) is 5.02. The van der Waals surface area contributed by atoms with Crippen LogP contribution in [0.1, 0.15) is 24.2 Å². The van der Waals surface area contributed by atoms with E-state index in [2.05, 4.69) is 0 Å². The number of amides is 1. The molecule has 18 heavy (non-hydrogen) atoms. The van der Waals surface area contributed by atoms with Gasteiger partial charge in [0, 0.05) is 23.5 Å². The van der Waals surface area contributed by atoms with E-state index in [9.17, 15) is 4.79 Å². The number of nitrogens with zero attached hydrogens (tertiary/aromatic N) is 1. The topological polar surface area (TPSA) is 81.6 Å². The molecule has 0 spiro atoms. The van der Waals surface area contributed by atoms with Crippen molar-refractivity contribution in [1.29, 1.82) is 0 Å². The fourth-order valence-electron chi connectivity index (χ4n) is 2.15. The van der Waals surface area contributed by atoms with Gasteiger partial charge in [0.2, 0.25) is 0 Å². The Morgan fingerprint density at radius 2 is 1.89 bits per heavy atom. The minimum absolute atomic E-state index is 0.0448. The molecule has 5 heteroatoms. The molecule has 1 fully saturated rings. The SMILES string of the molecule is CC1CN(C(=O)c2cc(N)cc(N)c2)C(C)CO1. The van der Waals surface area contributed by atoms with Gasteiger partial charge < -0.3 is 21.1 Å². The Bertz CT molecular complexity index is 441.